The van der Waals surface area contributed by atoms with Gasteiger partial charge < -0.3 is 15.2 Å². The van der Waals surface area contributed by atoms with Crippen molar-refractivity contribution in [3.63, 3.8) is 0 Å². The van der Waals surface area contributed by atoms with Gasteiger partial charge in [-0.1, -0.05) is 37.3 Å². The number of thioether (sulfide) groups is 1. The summed E-state index contributed by atoms with van der Waals surface area (Å²) >= 11 is 1.67. The molecule has 0 aliphatic rings. The Morgan fingerprint density at radius 2 is 1.96 bits per heavy atom. The second-order valence-electron chi connectivity index (χ2n) is 5.90. The van der Waals surface area contributed by atoms with Crippen molar-refractivity contribution in [3.8, 4) is 5.75 Å². The Bertz CT molecular complexity index is 735. The van der Waals surface area contributed by atoms with Gasteiger partial charge in [0.2, 0.25) is 5.91 Å². The lowest BCUT2D eigenvalue weighted by Gasteiger charge is -2.14. The number of hydrogen-bond acceptors (Lipinski definition) is 4. The van der Waals surface area contributed by atoms with E-state index in [1.165, 1.54) is 0 Å². The first kappa shape index (κ1) is 20.1. The number of carboxylic acids is 1. The zero-order valence-corrected chi connectivity index (χ0v) is 15.8. The summed E-state index contributed by atoms with van der Waals surface area (Å²) in [5.74, 6) is 1.19. The molecule has 0 bridgehead atoms. The first-order chi connectivity index (χ1) is 12.6. The van der Waals surface area contributed by atoms with Crippen LogP contribution in [0.1, 0.15) is 26.2 Å². The van der Waals surface area contributed by atoms with Gasteiger partial charge in [0.1, 0.15) is 11.8 Å². The third kappa shape index (κ3) is 6.59. The smallest absolute Gasteiger partial charge is 0.326 e. The fourth-order valence-corrected chi connectivity index (χ4v) is 3.24. The molecule has 5 nitrogen and oxygen atoms in total. The van der Waals surface area contributed by atoms with Crippen molar-refractivity contribution >= 4 is 34.4 Å². The van der Waals surface area contributed by atoms with Gasteiger partial charge in [-0.05, 0) is 47.3 Å². The fraction of sp³-hybridized carbons (Fsp3) is 0.400. The van der Waals surface area contributed by atoms with Crippen molar-refractivity contribution in [1.29, 1.82) is 0 Å². The predicted octanol–water partition coefficient (Wildman–Crippen LogP) is 3.71. The molecule has 2 aromatic rings. The van der Waals surface area contributed by atoms with E-state index >= 15 is 0 Å². The van der Waals surface area contributed by atoms with Crippen molar-refractivity contribution in [3.05, 3.63) is 42.5 Å². The second kappa shape index (κ2) is 10.7. The van der Waals surface area contributed by atoms with Crippen LogP contribution in [0.25, 0.3) is 10.8 Å². The summed E-state index contributed by atoms with van der Waals surface area (Å²) in [5.41, 5.74) is 0. The van der Waals surface area contributed by atoms with E-state index in [9.17, 15) is 14.7 Å². The van der Waals surface area contributed by atoms with Crippen LogP contribution in [0, 0.1) is 0 Å². The van der Waals surface area contributed by atoms with Crippen molar-refractivity contribution < 1.29 is 19.4 Å². The predicted molar refractivity (Wildman–Crippen MR) is 106 cm³/mol. The van der Waals surface area contributed by atoms with Crippen LogP contribution in [0.5, 0.6) is 5.75 Å². The highest BCUT2D eigenvalue weighted by Gasteiger charge is 2.19. The van der Waals surface area contributed by atoms with Gasteiger partial charge in [-0.3, -0.25) is 4.79 Å². The Morgan fingerprint density at radius 3 is 2.69 bits per heavy atom. The molecule has 1 unspecified atom stereocenters. The molecule has 0 aliphatic carbocycles. The zero-order valence-electron chi connectivity index (χ0n) is 14.9. The van der Waals surface area contributed by atoms with Crippen LogP contribution in [0.2, 0.25) is 0 Å². The lowest BCUT2D eigenvalue weighted by Crippen LogP contribution is -2.41. The Labute approximate surface area is 158 Å². The third-order valence-electron chi connectivity index (χ3n) is 3.93. The van der Waals surface area contributed by atoms with Gasteiger partial charge in [-0.2, -0.15) is 11.8 Å². The molecule has 0 aromatic heterocycles. The summed E-state index contributed by atoms with van der Waals surface area (Å²) in [6, 6.07) is 13.1. The number of ether oxygens (including phenoxy) is 1. The van der Waals surface area contributed by atoms with Crippen LogP contribution in [-0.4, -0.2) is 41.1 Å². The monoisotopic (exact) mass is 375 g/mol. The minimum Gasteiger partial charge on any atom is -0.494 e. The number of carbonyl (C=O) groups is 2. The SMILES string of the molecule is CCSCCC(NC(=O)CCCOc1ccc2ccccc2c1)C(=O)O. The maximum Gasteiger partial charge on any atom is 0.326 e. The van der Waals surface area contributed by atoms with E-state index in [1.807, 2.05) is 49.4 Å². The van der Waals surface area contributed by atoms with Crippen LogP contribution >= 0.6 is 11.8 Å². The second-order valence-corrected chi connectivity index (χ2v) is 7.30. The summed E-state index contributed by atoms with van der Waals surface area (Å²) in [5, 5.41) is 14.0. The molecule has 0 saturated heterocycles. The fourth-order valence-electron chi connectivity index (χ4n) is 2.55. The molecule has 140 valence electrons. The molecular weight excluding hydrogens is 350 g/mol. The number of carboxylic acid groups (broad SMARTS) is 1. The quantitative estimate of drug-likeness (QED) is 0.586. The van der Waals surface area contributed by atoms with Crippen molar-refractivity contribution in [2.24, 2.45) is 0 Å². The van der Waals surface area contributed by atoms with E-state index in [4.69, 9.17) is 4.74 Å². The van der Waals surface area contributed by atoms with Gasteiger partial charge in [0.25, 0.3) is 0 Å². The molecule has 2 rings (SSSR count). The highest BCUT2D eigenvalue weighted by Crippen LogP contribution is 2.20. The number of fused-ring (bicyclic) bond motifs is 1. The Hall–Kier alpha value is -2.21. The van der Waals surface area contributed by atoms with Gasteiger partial charge in [0, 0.05) is 6.42 Å². The standard InChI is InChI=1S/C20H25NO4S/c1-2-26-13-11-18(20(23)24)21-19(22)8-5-12-25-17-10-9-15-6-3-4-7-16(15)14-17/h3-4,6-7,9-10,14,18H,2,5,8,11-13H2,1H3,(H,21,22)(H,23,24). The van der Waals surface area contributed by atoms with E-state index < -0.39 is 12.0 Å². The summed E-state index contributed by atoms with van der Waals surface area (Å²) < 4.78 is 5.70. The molecule has 2 aromatic carbocycles. The van der Waals surface area contributed by atoms with Crippen molar-refractivity contribution in [1.82, 2.24) is 5.32 Å². The first-order valence-corrected chi connectivity index (χ1v) is 9.97. The Morgan fingerprint density at radius 1 is 1.19 bits per heavy atom. The van der Waals surface area contributed by atoms with Crippen LogP contribution in [0.4, 0.5) is 0 Å². The molecule has 0 aliphatic heterocycles. The Kier molecular flexibility index (Phi) is 8.28. The number of benzene rings is 2. The van der Waals surface area contributed by atoms with Gasteiger partial charge in [0.15, 0.2) is 0 Å². The van der Waals surface area contributed by atoms with Gasteiger partial charge in [-0.15, -0.1) is 0 Å². The largest absolute Gasteiger partial charge is 0.494 e. The molecule has 2 N–H and O–H groups in total. The number of carbonyl (C=O) groups excluding carboxylic acids is 1. The summed E-state index contributed by atoms with van der Waals surface area (Å²) in [4.78, 5) is 23.1. The molecule has 0 heterocycles. The molecular formula is C20H25NO4S. The summed E-state index contributed by atoms with van der Waals surface area (Å²) in [6.45, 7) is 2.43. The lowest BCUT2D eigenvalue weighted by molar-refractivity contribution is -0.141. The number of aliphatic carboxylic acids is 1. The maximum atomic E-state index is 11.9. The highest BCUT2D eigenvalue weighted by atomic mass is 32.2. The molecule has 1 atom stereocenters. The molecule has 26 heavy (non-hydrogen) atoms. The maximum absolute atomic E-state index is 11.9. The van der Waals surface area contributed by atoms with Gasteiger partial charge >= 0.3 is 5.97 Å². The average molecular weight is 375 g/mol. The molecule has 0 saturated carbocycles. The molecule has 0 radical (unpaired) electrons. The van der Waals surface area contributed by atoms with E-state index in [0.717, 1.165) is 28.0 Å². The minimum atomic E-state index is -0.984. The van der Waals surface area contributed by atoms with E-state index in [2.05, 4.69) is 5.32 Å². The lowest BCUT2D eigenvalue weighted by atomic mass is 10.1. The Balaban J connectivity index is 1.72. The van der Waals surface area contributed by atoms with Crippen molar-refractivity contribution in [2.45, 2.75) is 32.2 Å². The summed E-state index contributed by atoms with van der Waals surface area (Å²) in [6.07, 6.45) is 1.22. The number of amides is 1. The topological polar surface area (TPSA) is 75.6 Å². The van der Waals surface area contributed by atoms with Crippen LogP contribution in [0.3, 0.4) is 0 Å². The highest BCUT2D eigenvalue weighted by molar-refractivity contribution is 7.99. The number of nitrogens with one attached hydrogen (secondary N) is 1. The molecule has 0 spiro atoms. The first-order valence-electron chi connectivity index (χ1n) is 8.81. The van der Waals surface area contributed by atoms with Crippen LogP contribution in [-0.2, 0) is 9.59 Å². The van der Waals surface area contributed by atoms with Crippen LogP contribution in [0.15, 0.2) is 42.5 Å². The molecule has 1 amide bonds. The third-order valence-corrected chi connectivity index (χ3v) is 4.86. The van der Waals surface area contributed by atoms with Crippen LogP contribution < -0.4 is 10.1 Å². The van der Waals surface area contributed by atoms with Gasteiger partial charge in [-0.25, -0.2) is 4.79 Å². The van der Waals surface area contributed by atoms with Crippen molar-refractivity contribution in [2.75, 3.05) is 18.1 Å². The molecule has 0 fully saturated rings. The zero-order chi connectivity index (χ0) is 18.8. The minimum absolute atomic E-state index is 0.248. The summed E-state index contributed by atoms with van der Waals surface area (Å²) in [7, 11) is 0. The van der Waals surface area contributed by atoms with E-state index in [-0.39, 0.29) is 12.3 Å². The van der Waals surface area contributed by atoms with Gasteiger partial charge in [0.05, 0.1) is 6.61 Å². The van der Waals surface area contributed by atoms with E-state index in [0.29, 0.717) is 19.4 Å². The number of rotatable bonds is 11. The number of hydrogen-bond donors (Lipinski definition) is 2. The molecule has 6 heteroatoms. The van der Waals surface area contributed by atoms with E-state index in [1.54, 1.807) is 11.8 Å². The average Bonchev–Trinajstić information content (AvgIpc) is 2.64. The normalized spacial score (nSPS) is 11.9.